The number of carbonyl (C=O) groups excluding carboxylic acids is 1. The summed E-state index contributed by atoms with van der Waals surface area (Å²) in [6.45, 7) is 0. The predicted molar refractivity (Wildman–Crippen MR) is 81.7 cm³/mol. The lowest BCUT2D eigenvalue weighted by Gasteiger charge is -2.06. The van der Waals surface area contributed by atoms with Crippen molar-refractivity contribution in [1.29, 1.82) is 5.26 Å². The van der Waals surface area contributed by atoms with Crippen LogP contribution in [0.15, 0.2) is 60.2 Å². The topological polar surface area (TPSA) is 62.1 Å². The van der Waals surface area contributed by atoms with Gasteiger partial charge in [-0.25, -0.2) is 0 Å². The number of carbonyl (C=O) groups is 1. The zero-order valence-corrected chi connectivity index (χ0v) is 11.5. The average Bonchev–Trinajstić information content (AvgIpc) is 2.53. The van der Waals surface area contributed by atoms with E-state index < -0.39 is 5.91 Å². The second-order valence-corrected chi connectivity index (χ2v) is 4.27. The van der Waals surface area contributed by atoms with Gasteiger partial charge in [-0.1, -0.05) is 36.4 Å². The Kier molecular flexibility index (Phi) is 4.73. The van der Waals surface area contributed by atoms with Crippen LogP contribution in [0.4, 0.5) is 5.69 Å². The number of anilines is 1. The maximum atomic E-state index is 12.1. The predicted octanol–water partition coefficient (Wildman–Crippen LogP) is 3.24. The van der Waals surface area contributed by atoms with Gasteiger partial charge in [0.15, 0.2) is 0 Å². The first-order chi connectivity index (χ1) is 10.2. The number of rotatable bonds is 4. The summed E-state index contributed by atoms with van der Waals surface area (Å²) in [5.41, 5.74) is 1.42. The Morgan fingerprint density at radius 1 is 1.19 bits per heavy atom. The highest BCUT2D eigenvalue weighted by Crippen LogP contribution is 2.17. The molecule has 104 valence electrons. The summed E-state index contributed by atoms with van der Waals surface area (Å²) < 4.78 is 5.09. The molecule has 0 fully saturated rings. The zero-order valence-electron chi connectivity index (χ0n) is 11.5. The third kappa shape index (κ3) is 3.95. The summed E-state index contributed by atoms with van der Waals surface area (Å²) in [7, 11) is 1.55. The molecule has 0 heterocycles. The molecular formula is C17H14N2O2. The van der Waals surface area contributed by atoms with Crippen molar-refractivity contribution >= 4 is 17.7 Å². The minimum atomic E-state index is -0.449. The van der Waals surface area contributed by atoms with Crippen molar-refractivity contribution in [3.8, 4) is 11.8 Å². The Labute approximate surface area is 123 Å². The summed E-state index contributed by atoms with van der Waals surface area (Å²) in [6, 6.07) is 18.1. The van der Waals surface area contributed by atoms with Crippen molar-refractivity contribution < 1.29 is 9.53 Å². The molecule has 0 aliphatic heterocycles. The largest absolute Gasteiger partial charge is 0.497 e. The molecule has 2 rings (SSSR count). The van der Waals surface area contributed by atoms with Gasteiger partial charge in [0.05, 0.1) is 7.11 Å². The second-order valence-electron chi connectivity index (χ2n) is 4.27. The quantitative estimate of drug-likeness (QED) is 0.689. The molecule has 1 amide bonds. The van der Waals surface area contributed by atoms with E-state index in [1.165, 1.54) is 0 Å². The number of nitrogens with zero attached hydrogens (tertiary/aromatic N) is 1. The Bertz CT molecular complexity index is 700. The molecule has 0 saturated carbocycles. The summed E-state index contributed by atoms with van der Waals surface area (Å²) in [4.78, 5) is 12.1. The number of nitrogens with one attached hydrogen (secondary N) is 1. The fraction of sp³-hybridized carbons (Fsp3) is 0.0588. The molecule has 4 heteroatoms. The lowest BCUT2D eigenvalue weighted by molar-refractivity contribution is -0.112. The molecule has 4 nitrogen and oxygen atoms in total. The Hall–Kier alpha value is -3.06. The molecule has 0 aromatic heterocycles. The molecular weight excluding hydrogens is 264 g/mol. The van der Waals surface area contributed by atoms with Gasteiger partial charge in [0.25, 0.3) is 5.91 Å². The van der Waals surface area contributed by atoms with Crippen molar-refractivity contribution in [3.63, 3.8) is 0 Å². The number of benzene rings is 2. The van der Waals surface area contributed by atoms with Gasteiger partial charge in [0.2, 0.25) is 0 Å². The molecule has 0 unspecified atom stereocenters. The summed E-state index contributed by atoms with van der Waals surface area (Å²) in [5, 5.41) is 11.8. The molecule has 0 atom stereocenters. The number of amides is 1. The molecule has 2 aromatic carbocycles. The van der Waals surface area contributed by atoms with Crippen LogP contribution in [0.5, 0.6) is 5.75 Å². The first kappa shape index (κ1) is 14.4. The smallest absolute Gasteiger partial charge is 0.266 e. The maximum Gasteiger partial charge on any atom is 0.266 e. The molecule has 0 radical (unpaired) electrons. The molecule has 0 aliphatic rings. The van der Waals surface area contributed by atoms with Crippen LogP contribution in [-0.2, 0) is 4.79 Å². The second kappa shape index (κ2) is 6.92. The molecule has 0 saturated heterocycles. The zero-order chi connectivity index (χ0) is 15.1. The third-order valence-corrected chi connectivity index (χ3v) is 2.80. The van der Waals surface area contributed by atoms with E-state index in [-0.39, 0.29) is 5.57 Å². The molecule has 1 N–H and O–H groups in total. The van der Waals surface area contributed by atoms with Crippen LogP contribution in [0, 0.1) is 11.3 Å². The van der Waals surface area contributed by atoms with Gasteiger partial charge in [-0.15, -0.1) is 0 Å². The maximum absolute atomic E-state index is 12.1. The highest BCUT2D eigenvalue weighted by Gasteiger charge is 2.09. The fourth-order valence-corrected chi connectivity index (χ4v) is 1.76. The lowest BCUT2D eigenvalue weighted by atomic mass is 10.1. The standard InChI is InChI=1S/C17H14N2O2/c1-21-16-9-5-8-15(11-16)19-17(20)14(12-18)10-13-6-3-2-4-7-13/h2-11H,1H3,(H,19,20). The van der Waals surface area contributed by atoms with Crippen LogP contribution >= 0.6 is 0 Å². The molecule has 0 bridgehead atoms. The molecule has 2 aromatic rings. The highest BCUT2D eigenvalue weighted by molar-refractivity contribution is 6.09. The van der Waals surface area contributed by atoms with E-state index in [2.05, 4.69) is 5.32 Å². The van der Waals surface area contributed by atoms with E-state index in [1.807, 2.05) is 36.4 Å². The van der Waals surface area contributed by atoms with E-state index in [0.717, 1.165) is 5.56 Å². The van der Waals surface area contributed by atoms with E-state index in [4.69, 9.17) is 10.00 Å². The fourth-order valence-electron chi connectivity index (χ4n) is 1.76. The van der Waals surface area contributed by atoms with Crippen LogP contribution < -0.4 is 10.1 Å². The summed E-state index contributed by atoms with van der Waals surface area (Å²) in [6.07, 6.45) is 1.55. The minimum Gasteiger partial charge on any atom is -0.497 e. The molecule has 0 spiro atoms. The average molecular weight is 278 g/mol. The van der Waals surface area contributed by atoms with Gasteiger partial charge in [-0.3, -0.25) is 4.79 Å². The lowest BCUT2D eigenvalue weighted by Crippen LogP contribution is -2.13. The van der Waals surface area contributed by atoms with Crippen LogP contribution in [0.2, 0.25) is 0 Å². The molecule has 0 aliphatic carbocycles. The number of hydrogen-bond acceptors (Lipinski definition) is 3. The summed E-state index contributed by atoms with van der Waals surface area (Å²) in [5.74, 6) is 0.188. The number of methoxy groups -OCH3 is 1. The Balaban J connectivity index is 2.18. The Morgan fingerprint density at radius 2 is 1.95 bits per heavy atom. The Morgan fingerprint density at radius 3 is 2.62 bits per heavy atom. The van der Waals surface area contributed by atoms with Crippen LogP contribution in [0.1, 0.15) is 5.56 Å². The van der Waals surface area contributed by atoms with E-state index in [9.17, 15) is 4.79 Å². The number of nitriles is 1. The van der Waals surface area contributed by atoms with Crippen LogP contribution in [0.25, 0.3) is 6.08 Å². The third-order valence-electron chi connectivity index (χ3n) is 2.80. The van der Waals surface area contributed by atoms with E-state index in [0.29, 0.717) is 11.4 Å². The van der Waals surface area contributed by atoms with Gasteiger partial charge in [-0.2, -0.15) is 5.26 Å². The first-order valence-electron chi connectivity index (χ1n) is 6.35. The van der Waals surface area contributed by atoms with Gasteiger partial charge in [0, 0.05) is 11.8 Å². The highest BCUT2D eigenvalue weighted by atomic mass is 16.5. The van der Waals surface area contributed by atoms with Crippen molar-refractivity contribution in [3.05, 3.63) is 65.7 Å². The van der Waals surface area contributed by atoms with Crippen LogP contribution in [-0.4, -0.2) is 13.0 Å². The SMILES string of the molecule is COc1cccc(NC(=O)C(C#N)=Cc2ccccc2)c1. The van der Waals surface area contributed by atoms with Crippen molar-refractivity contribution in [2.75, 3.05) is 12.4 Å². The first-order valence-corrected chi connectivity index (χ1v) is 6.35. The van der Waals surface area contributed by atoms with Gasteiger partial charge in [-0.05, 0) is 23.8 Å². The minimum absolute atomic E-state index is 0.0454. The van der Waals surface area contributed by atoms with E-state index in [1.54, 1.807) is 37.5 Å². The monoisotopic (exact) mass is 278 g/mol. The summed E-state index contributed by atoms with van der Waals surface area (Å²) >= 11 is 0. The van der Waals surface area contributed by atoms with E-state index >= 15 is 0 Å². The van der Waals surface area contributed by atoms with Crippen molar-refractivity contribution in [1.82, 2.24) is 0 Å². The van der Waals surface area contributed by atoms with Gasteiger partial charge >= 0.3 is 0 Å². The molecule has 21 heavy (non-hydrogen) atoms. The van der Waals surface area contributed by atoms with Crippen molar-refractivity contribution in [2.24, 2.45) is 0 Å². The van der Waals surface area contributed by atoms with Crippen LogP contribution in [0.3, 0.4) is 0 Å². The van der Waals surface area contributed by atoms with Crippen molar-refractivity contribution in [2.45, 2.75) is 0 Å². The van der Waals surface area contributed by atoms with Gasteiger partial charge in [0.1, 0.15) is 17.4 Å². The number of hydrogen-bond donors (Lipinski definition) is 1. The number of ether oxygens (including phenoxy) is 1. The van der Waals surface area contributed by atoms with Gasteiger partial charge < -0.3 is 10.1 Å². The normalized spacial score (nSPS) is 10.6.